The lowest BCUT2D eigenvalue weighted by atomic mass is 9.95. The van der Waals surface area contributed by atoms with Crippen LogP contribution in [0, 0.1) is 12.8 Å². The average molecular weight is 424 g/mol. The van der Waals surface area contributed by atoms with Gasteiger partial charge in [0.2, 0.25) is 0 Å². The molecule has 0 bridgehead atoms. The molecule has 2 aromatic carbocycles. The van der Waals surface area contributed by atoms with Crippen molar-refractivity contribution in [3.05, 3.63) is 65.2 Å². The highest BCUT2D eigenvalue weighted by atomic mass is 35.5. The molecule has 6 heteroatoms. The first-order chi connectivity index (χ1) is 12.5. The molecule has 154 valence electrons. The van der Waals surface area contributed by atoms with E-state index in [0.717, 1.165) is 50.1 Å². The van der Waals surface area contributed by atoms with Gasteiger partial charge in [-0.25, -0.2) is 0 Å². The van der Waals surface area contributed by atoms with Crippen LogP contribution in [0.15, 0.2) is 48.5 Å². The SMILES string of the molecule is Cc1ccc(N)cc1C(=O)N1CCC(CN(C)Cc2ccccc2)CC1.Cl.Cl. The molecule has 1 fully saturated rings. The van der Waals surface area contributed by atoms with Gasteiger partial charge in [0.15, 0.2) is 0 Å². The molecule has 1 amide bonds. The normalized spacial score (nSPS) is 14.3. The summed E-state index contributed by atoms with van der Waals surface area (Å²) in [5, 5.41) is 0. The number of likely N-dealkylation sites (tertiary alicyclic amines) is 1. The molecule has 0 unspecified atom stereocenters. The zero-order chi connectivity index (χ0) is 18.5. The maximum absolute atomic E-state index is 12.8. The van der Waals surface area contributed by atoms with Crippen molar-refractivity contribution in [1.29, 1.82) is 0 Å². The Balaban J connectivity index is 0.00000196. The van der Waals surface area contributed by atoms with Gasteiger partial charge in [-0.05, 0) is 56.0 Å². The molecule has 2 N–H and O–H groups in total. The molecule has 1 saturated heterocycles. The number of nitrogens with two attached hydrogens (primary N) is 1. The number of carbonyl (C=O) groups is 1. The summed E-state index contributed by atoms with van der Waals surface area (Å²) < 4.78 is 0. The third-order valence-electron chi connectivity index (χ3n) is 5.26. The van der Waals surface area contributed by atoms with Gasteiger partial charge in [-0.15, -0.1) is 24.8 Å². The van der Waals surface area contributed by atoms with Crippen LogP contribution in [-0.2, 0) is 6.54 Å². The summed E-state index contributed by atoms with van der Waals surface area (Å²) in [6.07, 6.45) is 2.12. The summed E-state index contributed by atoms with van der Waals surface area (Å²) in [5.74, 6) is 0.764. The van der Waals surface area contributed by atoms with Gasteiger partial charge in [-0.3, -0.25) is 4.79 Å². The van der Waals surface area contributed by atoms with Crippen molar-refractivity contribution in [1.82, 2.24) is 9.80 Å². The predicted molar refractivity (Wildman–Crippen MR) is 121 cm³/mol. The number of nitrogen functional groups attached to an aromatic ring is 1. The van der Waals surface area contributed by atoms with E-state index in [2.05, 4.69) is 42.3 Å². The van der Waals surface area contributed by atoms with Gasteiger partial charge < -0.3 is 15.5 Å². The minimum Gasteiger partial charge on any atom is -0.399 e. The number of aryl methyl sites for hydroxylation is 1. The number of amides is 1. The molecule has 0 aromatic heterocycles. The topological polar surface area (TPSA) is 49.6 Å². The molecule has 0 saturated carbocycles. The first-order valence-electron chi connectivity index (χ1n) is 9.41. The minimum atomic E-state index is 0. The second-order valence-corrected chi connectivity index (χ2v) is 7.49. The van der Waals surface area contributed by atoms with E-state index < -0.39 is 0 Å². The van der Waals surface area contributed by atoms with E-state index >= 15 is 0 Å². The second-order valence-electron chi connectivity index (χ2n) is 7.49. The van der Waals surface area contributed by atoms with E-state index in [1.54, 1.807) is 6.07 Å². The Hall–Kier alpha value is -1.75. The van der Waals surface area contributed by atoms with E-state index in [0.29, 0.717) is 11.6 Å². The molecule has 0 atom stereocenters. The van der Waals surface area contributed by atoms with E-state index in [1.165, 1.54) is 5.56 Å². The fourth-order valence-corrected chi connectivity index (χ4v) is 3.76. The van der Waals surface area contributed by atoms with Crippen LogP contribution in [0.4, 0.5) is 5.69 Å². The van der Waals surface area contributed by atoms with Crippen LogP contribution in [0.5, 0.6) is 0 Å². The standard InChI is InChI=1S/C22H29N3O.2ClH/c1-17-8-9-20(23)14-21(17)22(26)25-12-10-19(11-13-25)16-24(2)15-18-6-4-3-5-7-18;;/h3-9,14,19H,10-13,15-16,23H2,1-2H3;2*1H. The Labute approximate surface area is 180 Å². The molecule has 4 nitrogen and oxygen atoms in total. The quantitative estimate of drug-likeness (QED) is 0.724. The van der Waals surface area contributed by atoms with Crippen LogP contribution in [0.1, 0.15) is 34.3 Å². The summed E-state index contributed by atoms with van der Waals surface area (Å²) >= 11 is 0. The van der Waals surface area contributed by atoms with Gasteiger partial charge >= 0.3 is 0 Å². The lowest BCUT2D eigenvalue weighted by molar-refractivity contribution is 0.0671. The number of carbonyl (C=O) groups excluding carboxylic acids is 1. The average Bonchev–Trinajstić information content (AvgIpc) is 2.64. The number of hydrogen-bond acceptors (Lipinski definition) is 3. The Kier molecular flexibility index (Phi) is 9.80. The smallest absolute Gasteiger partial charge is 0.254 e. The third-order valence-corrected chi connectivity index (χ3v) is 5.26. The van der Waals surface area contributed by atoms with Gasteiger partial charge in [0, 0.05) is 37.4 Å². The van der Waals surface area contributed by atoms with Crippen LogP contribution < -0.4 is 5.73 Å². The lowest BCUT2D eigenvalue weighted by Gasteiger charge is -2.34. The van der Waals surface area contributed by atoms with E-state index in [4.69, 9.17) is 5.73 Å². The van der Waals surface area contributed by atoms with E-state index in [-0.39, 0.29) is 30.7 Å². The van der Waals surface area contributed by atoms with Crippen LogP contribution >= 0.6 is 24.8 Å². The number of rotatable bonds is 5. The largest absolute Gasteiger partial charge is 0.399 e. The van der Waals surface area contributed by atoms with E-state index in [9.17, 15) is 4.79 Å². The van der Waals surface area contributed by atoms with E-state index in [1.807, 2.05) is 24.0 Å². The number of hydrogen-bond donors (Lipinski definition) is 1. The summed E-state index contributed by atoms with van der Waals surface area (Å²) in [6, 6.07) is 16.2. The predicted octanol–water partition coefficient (Wildman–Crippen LogP) is 4.41. The Morgan fingerprint density at radius 1 is 1.11 bits per heavy atom. The van der Waals surface area contributed by atoms with Crippen LogP contribution in [-0.4, -0.2) is 42.4 Å². The Bertz CT molecular complexity index is 747. The molecule has 28 heavy (non-hydrogen) atoms. The Morgan fingerprint density at radius 2 is 1.75 bits per heavy atom. The highest BCUT2D eigenvalue weighted by Crippen LogP contribution is 2.22. The summed E-state index contributed by atoms with van der Waals surface area (Å²) in [7, 11) is 2.18. The van der Waals surface area contributed by atoms with Crippen molar-refractivity contribution in [2.75, 3.05) is 32.4 Å². The molecule has 0 radical (unpaired) electrons. The monoisotopic (exact) mass is 423 g/mol. The molecule has 2 aromatic rings. The van der Waals surface area contributed by atoms with Crippen LogP contribution in [0.3, 0.4) is 0 Å². The number of halogens is 2. The zero-order valence-electron chi connectivity index (χ0n) is 16.6. The lowest BCUT2D eigenvalue weighted by Crippen LogP contribution is -2.41. The minimum absolute atomic E-state index is 0. The fourth-order valence-electron chi connectivity index (χ4n) is 3.76. The van der Waals surface area contributed by atoms with Crippen molar-refractivity contribution in [2.45, 2.75) is 26.3 Å². The van der Waals surface area contributed by atoms with Crippen molar-refractivity contribution in [3.63, 3.8) is 0 Å². The maximum Gasteiger partial charge on any atom is 0.254 e. The van der Waals surface area contributed by atoms with Gasteiger partial charge in [-0.1, -0.05) is 36.4 Å². The summed E-state index contributed by atoms with van der Waals surface area (Å²) in [5.41, 5.74) is 9.59. The molecule has 0 spiro atoms. The molecule has 1 aliphatic rings. The highest BCUT2D eigenvalue weighted by molar-refractivity contribution is 5.96. The van der Waals surface area contributed by atoms with Crippen molar-refractivity contribution < 1.29 is 4.79 Å². The summed E-state index contributed by atoms with van der Waals surface area (Å²) in [6.45, 7) is 5.68. The van der Waals surface area contributed by atoms with Gasteiger partial charge in [-0.2, -0.15) is 0 Å². The second kappa shape index (κ2) is 11.3. The Morgan fingerprint density at radius 3 is 2.39 bits per heavy atom. The third kappa shape index (κ3) is 6.40. The van der Waals surface area contributed by atoms with Crippen LogP contribution in [0.2, 0.25) is 0 Å². The van der Waals surface area contributed by atoms with Gasteiger partial charge in [0.1, 0.15) is 0 Å². The number of piperidine rings is 1. The molecule has 3 rings (SSSR count). The number of anilines is 1. The number of nitrogens with zero attached hydrogens (tertiary/aromatic N) is 2. The first-order valence-corrected chi connectivity index (χ1v) is 9.41. The van der Waals surface area contributed by atoms with Crippen molar-refractivity contribution in [3.8, 4) is 0 Å². The molecule has 0 aliphatic carbocycles. The van der Waals surface area contributed by atoms with Gasteiger partial charge in [0.05, 0.1) is 0 Å². The highest BCUT2D eigenvalue weighted by Gasteiger charge is 2.25. The van der Waals surface area contributed by atoms with Crippen molar-refractivity contribution >= 4 is 36.4 Å². The number of benzene rings is 2. The molecule has 1 heterocycles. The fraction of sp³-hybridized carbons (Fsp3) is 0.409. The molecular formula is C22H31Cl2N3O. The van der Waals surface area contributed by atoms with Crippen LogP contribution in [0.25, 0.3) is 0 Å². The summed E-state index contributed by atoms with van der Waals surface area (Å²) in [4.78, 5) is 17.2. The molecular weight excluding hydrogens is 393 g/mol. The zero-order valence-corrected chi connectivity index (χ0v) is 18.3. The maximum atomic E-state index is 12.8. The molecule has 1 aliphatic heterocycles. The van der Waals surface area contributed by atoms with Crippen molar-refractivity contribution in [2.24, 2.45) is 5.92 Å². The van der Waals surface area contributed by atoms with Gasteiger partial charge in [0.25, 0.3) is 5.91 Å². The first kappa shape index (κ1) is 24.3.